The molecular formula is C18H26ClN3O3. The summed E-state index contributed by atoms with van der Waals surface area (Å²) in [4.78, 5) is 39.9. The molecule has 3 rings (SSSR count). The van der Waals surface area contributed by atoms with E-state index in [0.29, 0.717) is 24.1 Å². The van der Waals surface area contributed by atoms with Crippen molar-refractivity contribution in [1.29, 1.82) is 0 Å². The minimum Gasteiger partial charge on any atom is -0.349 e. The van der Waals surface area contributed by atoms with Crippen LogP contribution >= 0.6 is 12.4 Å². The van der Waals surface area contributed by atoms with Crippen LogP contribution in [0.2, 0.25) is 0 Å². The Kier molecular flexibility index (Phi) is 5.74. The van der Waals surface area contributed by atoms with Crippen molar-refractivity contribution >= 4 is 24.1 Å². The Hall–Kier alpha value is -1.66. The second-order valence-electron chi connectivity index (χ2n) is 7.93. The quantitative estimate of drug-likeness (QED) is 0.742. The van der Waals surface area contributed by atoms with Crippen molar-refractivity contribution in [2.45, 2.75) is 64.5 Å². The molecule has 0 aliphatic heterocycles. The minimum atomic E-state index is -0.427. The Morgan fingerprint density at radius 3 is 2.48 bits per heavy atom. The van der Waals surface area contributed by atoms with Crippen LogP contribution in [-0.4, -0.2) is 28.8 Å². The predicted molar refractivity (Wildman–Crippen MR) is 98.4 cm³/mol. The highest BCUT2D eigenvalue weighted by Crippen LogP contribution is 2.33. The third-order valence-electron chi connectivity index (χ3n) is 5.07. The molecular weight excluding hydrogens is 342 g/mol. The smallest absolute Gasteiger partial charge is 0.261 e. The van der Waals surface area contributed by atoms with Crippen LogP contribution in [0.25, 0.3) is 0 Å². The molecule has 25 heavy (non-hydrogen) atoms. The lowest BCUT2D eigenvalue weighted by molar-refractivity contribution is 0.0910. The number of pyridine rings is 1. The van der Waals surface area contributed by atoms with E-state index >= 15 is 0 Å². The normalized spacial score (nSPS) is 24.8. The van der Waals surface area contributed by atoms with Gasteiger partial charge >= 0.3 is 0 Å². The highest BCUT2D eigenvalue weighted by Gasteiger charge is 2.33. The second kappa shape index (κ2) is 7.30. The molecule has 1 fully saturated rings. The van der Waals surface area contributed by atoms with E-state index in [0.717, 1.165) is 25.7 Å². The maximum Gasteiger partial charge on any atom is 0.261 e. The van der Waals surface area contributed by atoms with E-state index in [1.807, 2.05) is 13.8 Å². The summed E-state index contributed by atoms with van der Waals surface area (Å²) in [6.45, 7) is 4.00. The first-order chi connectivity index (χ1) is 11.2. The molecule has 138 valence electrons. The summed E-state index contributed by atoms with van der Waals surface area (Å²) in [6.07, 6.45) is 4.45. The first-order valence-corrected chi connectivity index (χ1v) is 8.61. The molecule has 1 aromatic heterocycles. The molecule has 7 heteroatoms. The monoisotopic (exact) mass is 367 g/mol. The fraction of sp³-hybridized carbons (Fsp3) is 0.611. The lowest BCUT2D eigenvalue weighted by atomic mass is 9.75. The van der Waals surface area contributed by atoms with Gasteiger partial charge in [0.05, 0.1) is 0 Å². The van der Waals surface area contributed by atoms with E-state index in [1.54, 1.807) is 0 Å². The summed E-state index contributed by atoms with van der Waals surface area (Å²) in [5.74, 6) is -0.424. The fourth-order valence-electron chi connectivity index (χ4n) is 3.72. The minimum absolute atomic E-state index is 0. The van der Waals surface area contributed by atoms with Crippen LogP contribution in [0.5, 0.6) is 0 Å². The molecule has 0 unspecified atom stereocenters. The van der Waals surface area contributed by atoms with E-state index in [-0.39, 0.29) is 41.3 Å². The molecule has 0 spiro atoms. The number of carbonyl (C=O) groups is 2. The van der Waals surface area contributed by atoms with Gasteiger partial charge in [0.25, 0.3) is 11.5 Å². The Morgan fingerprint density at radius 2 is 1.84 bits per heavy atom. The van der Waals surface area contributed by atoms with Crippen molar-refractivity contribution in [3.63, 3.8) is 0 Å². The lowest BCUT2D eigenvalue weighted by Gasteiger charge is -2.30. The number of Topliss-reactive ketones (excluding diaryl/α,β-unsaturated/α-hetero) is 1. The van der Waals surface area contributed by atoms with Gasteiger partial charge in [-0.3, -0.25) is 14.4 Å². The summed E-state index contributed by atoms with van der Waals surface area (Å²) in [7, 11) is 0. The number of rotatable bonds is 2. The average Bonchev–Trinajstić information content (AvgIpc) is 2.47. The zero-order valence-corrected chi connectivity index (χ0v) is 15.5. The molecule has 4 N–H and O–H groups in total. The van der Waals surface area contributed by atoms with Gasteiger partial charge in [0.2, 0.25) is 0 Å². The zero-order valence-electron chi connectivity index (χ0n) is 14.7. The van der Waals surface area contributed by atoms with Gasteiger partial charge in [0.15, 0.2) is 5.78 Å². The number of hydrogen-bond acceptors (Lipinski definition) is 4. The van der Waals surface area contributed by atoms with Gasteiger partial charge in [-0.05, 0) is 43.6 Å². The van der Waals surface area contributed by atoms with Crippen LogP contribution in [-0.2, 0) is 6.42 Å². The zero-order chi connectivity index (χ0) is 17.5. The molecule has 0 atom stereocenters. The molecule has 6 nitrogen and oxygen atoms in total. The number of H-pyrrole nitrogens is 1. The summed E-state index contributed by atoms with van der Waals surface area (Å²) >= 11 is 0. The van der Waals surface area contributed by atoms with Gasteiger partial charge in [-0.25, -0.2) is 0 Å². The van der Waals surface area contributed by atoms with E-state index in [1.165, 1.54) is 6.07 Å². The SMILES string of the molecule is CC1(C)CC(=O)c2cc(C(=O)NC3CCC(N)CC3)c(=O)[nH]c2C1.Cl. The van der Waals surface area contributed by atoms with Crippen molar-refractivity contribution in [3.8, 4) is 0 Å². The largest absolute Gasteiger partial charge is 0.349 e. The van der Waals surface area contributed by atoms with Crippen LogP contribution in [0.15, 0.2) is 10.9 Å². The Bertz CT molecular complexity index is 734. The molecule has 0 bridgehead atoms. The summed E-state index contributed by atoms with van der Waals surface area (Å²) in [6, 6.07) is 1.71. The molecule has 0 saturated heterocycles. The molecule has 2 aliphatic rings. The number of aromatic amines is 1. The van der Waals surface area contributed by atoms with Crippen LogP contribution in [0.4, 0.5) is 0 Å². The van der Waals surface area contributed by atoms with E-state index in [2.05, 4.69) is 10.3 Å². The van der Waals surface area contributed by atoms with Crippen LogP contribution in [0.3, 0.4) is 0 Å². The van der Waals surface area contributed by atoms with Gasteiger partial charge < -0.3 is 16.0 Å². The molecule has 1 saturated carbocycles. The van der Waals surface area contributed by atoms with Crippen molar-refractivity contribution in [2.24, 2.45) is 11.1 Å². The summed E-state index contributed by atoms with van der Waals surface area (Å²) in [5.41, 5.74) is 6.42. The number of fused-ring (bicyclic) bond motifs is 1. The number of amides is 1. The van der Waals surface area contributed by atoms with Crippen molar-refractivity contribution in [1.82, 2.24) is 10.3 Å². The fourth-order valence-corrected chi connectivity index (χ4v) is 3.72. The van der Waals surface area contributed by atoms with Gasteiger partial charge in [-0.2, -0.15) is 0 Å². The van der Waals surface area contributed by atoms with Gasteiger partial charge in [0, 0.05) is 29.8 Å². The number of halogens is 1. The number of ketones is 1. The van der Waals surface area contributed by atoms with Crippen LogP contribution in [0, 0.1) is 5.41 Å². The Balaban J connectivity index is 0.00000225. The number of hydrogen-bond donors (Lipinski definition) is 3. The van der Waals surface area contributed by atoms with Crippen molar-refractivity contribution < 1.29 is 9.59 Å². The van der Waals surface area contributed by atoms with Crippen LogP contribution in [0.1, 0.15) is 72.4 Å². The van der Waals surface area contributed by atoms with Gasteiger partial charge in [-0.1, -0.05) is 13.8 Å². The standard InChI is InChI=1S/C18H25N3O3.ClH/c1-18(2)8-14-12(15(22)9-18)7-13(17(24)21-14)16(23)20-11-5-3-10(19)4-6-11;/h7,10-11H,3-6,8-9,19H2,1-2H3,(H,20,23)(H,21,24);1H. The molecule has 1 heterocycles. The third kappa shape index (κ3) is 4.30. The maximum absolute atomic E-state index is 12.5. The number of aromatic nitrogens is 1. The topological polar surface area (TPSA) is 105 Å². The molecule has 0 radical (unpaired) electrons. The number of nitrogens with one attached hydrogen (secondary N) is 2. The van der Waals surface area contributed by atoms with E-state index in [4.69, 9.17) is 5.73 Å². The highest BCUT2D eigenvalue weighted by atomic mass is 35.5. The first-order valence-electron chi connectivity index (χ1n) is 8.61. The van der Waals surface area contributed by atoms with E-state index < -0.39 is 11.5 Å². The molecule has 2 aliphatic carbocycles. The maximum atomic E-state index is 12.5. The predicted octanol–water partition coefficient (Wildman–Crippen LogP) is 1.95. The van der Waals surface area contributed by atoms with E-state index in [9.17, 15) is 14.4 Å². The number of nitrogens with two attached hydrogens (primary N) is 1. The Morgan fingerprint density at radius 1 is 1.20 bits per heavy atom. The average molecular weight is 368 g/mol. The van der Waals surface area contributed by atoms with Gasteiger partial charge in [-0.15, -0.1) is 12.4 Å². The highest BCUT2D eigenvalue weighted by molar-refractivity contribution is 6.02. The van der Waals surface area contributed by atoms with Crippen molar-refractivity contribution in [3.05, 3.63) is 33.2 Å². The molecule has 1 aromatic rings. The summed E-state index contributed by atoms with van der Waals surface area (Å²) < 4.78 is 0. The molecule has 0 aromatic carbocycles. The second-order valence-corrected chi connectivity index (χ2v) is 7.93. The molecule has 1 amide bonds. The van der Waals surface area contributed by atoms with Crippen LogP contribution < -0.4 is 16.6 Å². The van der Waals surface area contributed by atoms with Crippen molar-refractivity contribution in [2.75, 3.05) is 0 Å². The number of carbonyl (C=O) groups excluding carboxylic acids is 2. The van der Waals surface area contributed by atoms with Gasteiger partial charge in [0.1, 0.15) is 5.56 Å². The summed E-state index contributed by atoms with van der Waals surface area (Å²) in [5, 5.41) is 2.91. The third-order valence-corrected chi connectivity index (χ3v) is 5.07. The lowest BCUT2D eigenvalue weighted by Crippen LogP contribution is -2.42. The first kappa shape index (κ1) is 19.7. The Labute approximate surface area is 153 Å².